The van der Waals surface area contributed by atoms with Crippen molar-refractivity contribution in [3.63, 3.8) is 0 Å². The van der Waals surface area contributed by atoms with Crippen LogP contribution < -0.4 is 0 Å². The van der Waals surface area contributed by atoms with E-state index in [1.807, 2.05) is 20.8 Å². The van der Waals surface area contributed by atoms with E-state index in [0.717, 1.165) is 32.7 Å². The molecule has 0 radical (unpaired) electrons. The Labute approximate surface area is 144 Å². The van der Waals surface area contributed by atoms with Gasteiger partial charge in [-0.05, 0) is 33.7 Å². The van der Waals surface area contributed by atoms with Crippen LogP contribution in [0, 0.1) is 5.92 Å². The fourth-order valence-electron chi connectivity index (χ4n) is 3.44. The standard InChI is InChI=1S/C17H31N3O4/c1-5-18-6-8-19(9-7-18)14-10-13(15(21)22)11-20(12-14)16(23)24-17(2,3)4/h13-14H,5-12H2,1-4H3,(H,21,22). The maximum atomic E-state index is 12.4. The van der Waals surface area contributed by atoms with E-state index in [9.17, 15) is 14.7 Å². The number of hydrogen-bond acceptors (Lipinski definition) is 5. The van der Waals surface area contributed by atoms with Gasteiger partial charge in [0.2, 0.25) is 0 Å². The van der Waals surface area contributed by atoms with Gasteiger partial charge < -0.3 is 19.6 Å². The average molecular weight is 341 g/mol. The maximum Gasteiger partial charge on any atom is 0.410 e. The third-order valence-corrected chi connectivity index (χ3v) is 4.80. The summed E-state index contributed by atoms with van der Waals surface area (Å²) in [6.45, 7) is 13.3. The van der Waals surface area contributed by atoms with E-state index >= 15 is 0 Å². The molecule has 24 heavy (non-hydrogen) atoms. The minimum atomic E-state index is -0.833. The number of carbonyl (C=O) groups is 2. The van der Waals surface area contributed by atoms with E-state index in [4.69, 9.17) is 4.74 Å². The molecule has 7 nitrogen and oxygen atoms in total. The lowest BCUT2D eigenvalue weighted by Crippen LogP contribution is -2.58. The van der Waals surface area contributed by atoms with E-state index in [1.165, 1.54) is 0 Å². The van der Waals surface area contributed by atoms with E-state index in [-0.39, 0.29) is 12.6 Å². The van der Waals surface area contributed by atoms with Crippen molar-refractivity contribution in [3.8, 4) is 0 Å². The number of carboxylic acid groups (broad SMARTS) is 1. The monoisotopic (exact) mass is 341 g/mol. The predicted octanol–water partition coefficient (Wildman–Crippen LogP) is 1.33. The zero-order chi connectivity index (χ0) is 17.9. The van der Waals surface area contributed by atoms with Crippen LogP contribution in [0.1, 0.15) is 34.1 Å². The molecule has 2 atom stereocenters. The van der Waals surface area contributed by atoms with Crippen LogP contribution in [0.4, 0.5) is 4.79 Å². The SMILES string of the molecule is CCN1CCN(C2CC(C(=O)O)CN(C(=O)OC(C)(C)C)C2)CC1. The first-order valence-electron chi connectivity index (χ1n) is 8.86. The summed E-state index contributed by atoms with van der Waals surface area (Å²) in [6.07, 6.45) is 0.187. The molecule has 0 bridgehead atoms. The first-order chi connectivity index (χ1) is 11.2. The molecule has 2 saturated heterocycles. The zero-order valence-electron chi connectivity index (χ0n) is 15.3. The summed E-state index contributed by atoms with van der Waals surface area (Å²) in [4.78, 5) is 30.2. The van der Waals surface area contributed by atoms with E-state index in [0.29, 0.717) is 13.0 Å². The first-order valence-corrected chi connectivity index (χ1v) is 8.86. The van der Waals surface area contributed by atoms with Gasteiger partial charge in [-0.15, -0.1) is 0 Å². The van der Waals surface area contributed by atoms with Crippen LogP contribution >= 0.6 is 0 Å². The number of carbonyl (C=O) groups excluding carboxylic acids is 1. The Morgan fingerprint density at radius 3 is 2.25 bits per heavy atom. The molecule has 2 rings (SSSR count). The third-order valence-electron chi connectivity index (χ3n) is 4.80. The molecule has 2 fully saturated rings. The Bertz CT molecular complexity index is 455. The minimum Gasteiger partial charge on any atom is -0.481 e. The smallest absolute Gasteiger partial charge is 0.410 e. The van der Waals surface area contributed by atoms with Gasteiger partial charge >= 0.3 is 12.1 Å². The number of likely N-dealkylation sites (tertiary alicyclic amines) is 1. The fraction of sp³-hybridized carbons (Fsp3) is 0.882. The number of rotatable bonds is 3. The number of piperazine rings is 1. The van der Waals surface area contributed by atoms with Crippen LogP contribution in [0.5, 0.6) is 0 Å². The Balaban J connectivity index is 2.03. The number of amides is 1. The summed E-state index contributed by atoms with van der Waals surface area (Å²) in [5.74, 6) is -1.36. The summed E-state index contributed by atoms with van der Waals surface area (Å²) in [6, 6.07) is 0.0892. The van der Waals surface area contributed by atoms with Gasteiger partial charge in [0.15, 0.2) is 0 Å². The molecule has 2 aliphatic rings. The number of piperidine rings is 1. The summed E-state index contributed by atoms with van der Waals surface area (Å²) < 4.78 is 5.44. The van der Waals surface area contributed by atoms with Gasteiger partial charge in [-0.25, -0.2) is 4.79 Å². The van der Waals surface area contributed by atoms with Crippen molar-refractivity contribution >= 4 is 12.1 Å². The molecule has 0 spiro atoms. The van der Waals surface area contributed by atoms with Crippen molar-refractivity contribution in [1.82, 2.24) is 14.7 Å². The summed E-state index contributed by atoms with van der Waals surface area (Å²) in [7, 11) is 0. The van der Waals surface area contributed by atoms with Crippen molar-refractivity contribution in [3.05, 3.63) is 0 Å². The van der Waals surface area contributed by atoms with Gasteiger partial charge in [-0.1, -0.05) is 6.92 Å². The quantitative estimate of drug-likeness (QED) is 0.835. The van der Waals surface area contributed by atoms with Gasteiger partial charge in [0.05, 0.1) is 5.92 Å². The van der Waals surface area contributed by atoms with Crippen LogP contribution in [0.2, 0.25) is 0 Å². The highest BCUT2D eigenvalue weighted by molar-refractivity contribution is 5.73. The molecule has 0 saturated carbocycles. The highest BCUT2D eigenvalue weighted by Crippen LogP contribution is 2.24. The molecule has 1 amide bonds. The molecule has 2 unspecified atom stereocenters. The molecular weight excluding hydrogens is 310 g/mol. The molecule has 138 valence electrons. The van der Waals surface area contributed by atoms with Gasteiger partial charge in [0, 0.05) is 45.3 Å². The highest BCUT2D eigenvalue weighted by Gasteiger charge is 2.38. The normalized spacial score (nSPS) is 27.1. The van der Waals surface area contributed by atoms with Crippen molar-refractivity contribution in [2.45, 2.75) is 45.8 Å². The Kier molecular flexibility index (Phi) is 6.09. The maximum absolute atomic E-state index is 12.4. The van der Waals surface area contributed by atoms with E-state index in [1.54, 1.807) is 4.90 Å². The zero-order valence-corrected chi connectivity index (χ0v) is 15.3. The summed E-state index contributed by atoms with van der Waals surface area (Å²) in [5, 5.41) is 9.46. The lowest BCUT2D eigenvalue weighted by Gasteiger charge is -2.44. The summed E-state index contributed by atoms with van der Waals surface area (Å²) >= 11 is 0. The topological polar surface area (TPSA) is 73.3 Å². The number of ether oxygens (including phenoxy) is 1. The minimum absolute atomic E-state index is 0.0892. The molecule has 2 heterocycles. The van der Waals surface area contributed by atoms with Crippen LogP contribution in [0.25, 0.3) is 0 Å². The lowest BCUT2D eigenvalue weighted by atomic mass is 9.93. The van der Waals surface area contributed by atoms with E-state index in [2.05, 4.69) is 16.7 Å². The van der Waals surface area contributed by atoms with Gasteiger partial charge in [0.1, 0.15) is 5.60 Å². The third kappa shape index (κ3) is 5.08. The van der Waals surface area contributed by atoms with Crippen molar-refractivity contribution in [1.29, 1.82) is 0 Å². The molecule has 0 aromatic rings. The van der Waals surface area contributed by atoms with Gasteiger partial charge in [-0.3, -0.25) is 9.69 Å². The largest absolute Gasteiger partial charge is 0.481 e. The molecule has 1 N–H and O–H groups in total. The van der Waals surface area contributed by atoms with E-state index < -0.39 is 23.6 Å². The second-order valence-electron chi connectivity index (χ2n) is 7.78. The Morgan fingerprint density at radius 1 is 1.12 bits per heavy atom. The second-order valence-corrected chi connectivity index (χ2v) is 7.78. The molecule has 7 heteroatoms. The molecule has 0 aromatic carbocycles. The lowest BCUT2D eigenvalue weighted by molar-refractivity contribution is -0.144. The summed E-state index contributed by atoms with van der Waals surface area (Å²) in [5.41, 5.74) is -0.574. The number of likely N-dealkylation sites (N-methyl/N-ethyl adjacent to an activating group) is 1. The molecule has 0 aromatic heterocycles. The van der Waals surface area contributed by atoms with Crippen molar-refractivity contribution in [2.75, 3.05) is 45.8 Å². The Hall–Kier alpha value is -1.34. The Morgan fingerprint density at radius 2 is 1.75 bits per heavy atom. The second kappa shape index (κ2) is 7.70. The molecular formula is C17H31N3O4. The molecule has 2 aliphatic heterocycles. The fourth-order valence-corrected chi connectivity index (χ4v) is 3.44. The van der Waals surface area contributed by atoms with Crippen molar-refractivity contribution < 1.29 is 19.4 Å². The van der Waals surface area contributed by atoms with Crippen LogP contribution in [-0.2, 0) is 9.53 Å². The first kappa shape index (κ1) is 19.0. The number of aliphatic carboxylic acids is 1. The average Bonchev–Trinajstić information content (AvgIpc) is 2.53. The highest BCUT2D eigenvalue weighted by atomic mass is 16.6. The van der Waals surface area contributed by atoms with Gasteiger partial charge in [-0.2, -0.15) is 0 Å². The molecule has 0 aliphatic carbocycles. The number of nitrogens with zero attached hydrogens (tertiary/aromatic N) is 3. The van der Waals surface area contributed by atoms with Gasteiger partial charge in [0.25, 0.3) is 0 Å². The van der Waals surface area contributed by atoms with Crippen LogP contribution in [0.3, 0.4) is 0 Å². The van der Waals surface area contributed by atoms with Crippen LogP contribution in [-0.4, -0.2) is 89.3 Å². The number of carboxylic acids is 1. The number of hydrogen-bond donors (Lipinski definition) is 1. The van der Waals surface area contributed by atoms with Crippen molar-refractivity contribution in [2.24, 2.45) is 5.92 Å². The van der Waals surface area contributed by atoms with Crippen LogP contribution in [0.15, 0.2) is 0 Å². The predicted molar refractivity (Wildman–Crippen MR) is 91.0 cm³/mol.